The molecule has 2 atom stereocenters. The highest BCUT2D eigenvalue weighted by Crippen LogP contribution is 2.15. The van der Waals surface area contributed by atoms with Gasteiger partial charge in [-0.25, -0.2) is 0 Å². The van der Waals surface area contributed by atoms with E-state index in [1.807, 2.05) is 0 Å². The van der Waals surface area contributed by atoms with Gasteiger partial charge in [-0.2, -0.15) is 0 Å². The van der Waals surface area contributed by atoms with Gasteiger partial charge in [-0.3, -0.25) is 24.0 Å². The minimum Gasteiger partial charge on any atom is -0.481 e. The summed E-state index contributed by atoms with van der Waals surface area (Å²) in [4.78, 5) is 57.8. The summed E-state index contributed by atoms with van der Waals surface area (Å²) in [7, 11) is 0. The third-order valence-corrected chi connectivity index (χ3v) is 4.70. The topological polar surface area (TPSA) is 164 Å². The average molecular weight is 410 g/mol. The van der Waals surface area contributed by atoms with Crippen LogP contribution in [0, 0.1) is 0 Å². The second-order valence-electron chi connectivity index (χ2n) is 5.93. The number of ketones is 1. The second-order valence-corrected chi connectivity index (χ2v) is 6.92. The molecule has 5 N–H and O–H groups in total. The van der Waals surface area contributed by atoms with Crippen LogP contribution in [0.5, 0.6) is 0 Å². The van der Waals surface area contributed by atoms with Gasteiger partial charge in [-0.15, -0.1) is 0 Å². The second kappa shape index (κ2) is 11.9. The number of carbonyl (C=O) groups is 5. The zero-order chi connectivity index (χ0) is 21.1. The van der Waals surface area contributed by atoms with E-state index in [0.717, 1.165) is 11.8 Å². The number of thioether (sulfide) groups is 1. The van der Waals surface area contributed by atoms with Crippen molar-refractivity contribution in [1.82, 2.24) is 5.32 Å². The van der Waals surface area contributed by atoms with Crippen molar-refractivity contribution in [2.24, 2.45) is 5.73 Å². The number of rotatable bonds is 12. The van der Waals surface area contributed by atoms with Crippen LogP contribution >= 0.6 is 11.8 Å². The molecule has 0 saturated heterocycles. The lowest BCUT2D eigenvalue weighted by Gasteiger charge is -2.17. The molecule has 9 nitrogen and oxygen atoms in total. The van der Waals surface area contributed by atoms with E-state index in [0.29, 0.717) is 5.56 Å². The van der Waals surface area contributed by atoms with Crippen LogP contribution in [0.25, 0.3) is 0 Å². The molecule has 1 aromatic carbocycles. The van der Waals surface area contributed by atoms with E-state index in [1.165, 1.54) is 0 Å². The Hall–Kier alpha value is -2.72. The Morgan fingerprint density at radius 1 is 1.00 bits per heavy atom. The van der Waals surface area contributed by atoms with Gasteiger partial charge in [-0.05, 0) is 6.42 Å². The molecule has 0 heterocycles. The lowest BCUT2D eigenvalue weighted by Crippen LogP contribution is -2.43. The summed E-state index contributed by atoms with van der Waals surface area (Å²) in [6.45, 7) is 0. The zero-order valence-electron chi connectivity index (χ0n) is 15.0. The van der Waals surface area contributed by atoms with Crippen molar-refractivity contribution < 1.29 is 34.2 Å². The van der Waals surface area contributed by atoms with E-state index in [9.17, 15) is 24.0 Å². The highest BCUT2D eigenvalue weighted by atomic mass is 32.2. The molecule has 0 unspecified atom stereocenters. The molecule has 1 rings (SSSR count). The van der Waals surface area contributed by atoms with Gasteiger partial charge >= 0.3 is 11.9 Å². The number of nitrogens with one attached hydrogen (secondary N) is 1. The molecule has 1 aromatic rings. The Balaban J connectivity index is 2.68. The largest absolute Gasteiger partial charge is 0.481 e. The predicted octanol–water partition coefficient (Wildman–Crippen LogP) is 0.671. The van der Waals surface area contributed by atoms with Crippen molar-refractivity contribution in [2.45, 2.75) is 37.8 Å². The molecule has 152 valence electrons. The first-order valence-electron chi connectivity index (χ1n) is 8.45. The van der Waals surface area contributed by atoms with Crippen molar-refractivity contribution in [3.63, 3.8) is 0 Å². The molecule has 0 radical (unpaired) electrons. The van der Waals surface area contributed by atoms with Crippen molar-refractivity contribution in [3.8, 4) is 0 Å². The Morgan fingerprint density at radius 2 is 1.64 bits per heavy atom. The number of nitrogens with two attached hydrogens (primary N) is 1. The van der Waals surface area contributed by atoms with Gasteiger partial charge in [0.2, 0.25) is 11.0 Å². The monoisotopic (exact) mass is 410 g/mol. The fourth-order valence-electron chi connectivity index (χ4n) is 2.11. The van der Waals surface area contributed by atoms with Crippen LogP contribution in [0.2, 0.25) is 0 Å². The average Bonchev–Trinajstić information content (AvgIpc) is 2.67. The third kappa shape index (κ3) is 8.78. The number of hydrogen-bond donors (Lipinski definition) is 4. The molecule has 0 bridgehead atoms. The summed E-state index contributed by atoms with van der Waals surface area (Å²) in [5.41, 5.74) is 5.77. The highest BCUT2D eigenvalue weighted by Gasteiger charge is 2.23. The molecular weight excluding hydrogens is 388 g/mol. The van der Waals surface area contributed by atoms with Gasteiger partial charge in [-0.1, -0.05) is 42.1 Å². The molecule has 0 aliphatic heterocycles. The molecule has 0 aromatic heterocycles. The number of aliphatic carboxylic acids is 2. The summed E-state index contributed by atoms with van der Waals surface area (Å²) in [5.74, 6) is -3.59. The third-order valence-electron chi connectivity index (χ3n) is 3.70. The molecule has 10 heteroatoms. The normalized spacial score (nSPS) is 12.6. The number of carboxylic acid groups (broad SMARTS) is 2. The van der Waals surface area contributed by atoms with Gasteiger partial charge in [0.1, 0.15) is 6.04 Å². The first kappa shape index (κ1) is 23.3. The van der Waals surface area contributed by atoms with Crippen LogP contribution in [-0.2, 0) is 19.2 Å². The first-order chi connectivity index (χ1) is 13.2. The number of Topliss-reactive ketones (excluding diaryl/α,β-unsaturated/α-hetero) is 1. The van der Waals surface area contributed by atoms with Crippen LogP contribution in [0.3, 0.4) is 0 Å². The maximum absolute atomic E-state index is 12.3. The quantitative estimate of drug-likeness (QED) is 0.387. The standard InChI is InChI=1S/C18H22N2O7S/c19-12(17(25)26)6-8-15(22)20-13(14(21)7-9-16(23)24)10-28-18(27)11-4-2-1-3-5-11/h1-5,12-13H,6-10,19H2,(H,20,22)(H,23,24)(H,25,26)/t12-,13-/m0/s1. The van der Waals surface area contributed by atoms with Crippen LogP contribution < -0.4 is 11.1 Å². The van der Waals surface area contributed by atoms with E-state index >= 15 is 0 Å². The summed E-state index contributed by atoms with van der Waals surface area (Å²) in [5, 5.41) is 19.6. The van der Waals surface area contributed by atoms with Crippen LogP contribution in [0.4, 0.5) is 0 Å². The molecule has 0 spiro atoms. The number of benzene rings is 1. The molecule has 1 amide bonds. The highest BCUT2D eigenvalue weighted by molar-refractivity contribution is 8.14. The van der Waals surface area contributed by atoms with Crippen molar-refractivity contribution in [1.29, 1.82) is 0 Å². The summed E-state index contributed by atoms with van der Waals surface area (Å²) < 4.78 is 0. The van der Waals surface area contributed by atoms with E-state index < -0.39 is 42.1 Å². The van der Waals surface area contributed by atoms with Gasteiger partial charge < -0.3 is 21.3 Å². The first-order valence-corrected chi connectivity index (χ1v) is 9.43. The predicted molar refractivity (Wildman–Crippen MR) is 102 cm³/mol. The van der Waals surface area contributed by atoms with Crippen molar-refractivity contribution >= 4 is 40.5 Å². The van der Waals surface area contributed by atoms with Crippen molar-refractivity contribution in [2.75, 3.05) is 5.75 Å². The van der Waals surface area contributed by atoms with E-state index in [2.05, 4.69) is 5.32 Å². The Bertz CT molecular complexity index is 724. The fraction of sp³-hybridized carbons (Fsp3) is 0.389. The summed E-state index contributed by atoms with van der Waals surface area (Å²) in [6.07, 6.45) is -1.03. The Kier molecular flexibility index (Phi) is 9.89. The Morgan fingerprint density at radius 3 is 2.21 bits per heavy atom. The summed E-state index contributed by atoms with van der Waals surface area (Å²) >= 11 is 0.831. The molecule has 0 fully saturated rings. The maximum Gasteiger partial charge on any atom is 0.320 e. The molecule has 0 saturated carbocycles. The Labute approximate surface area is 165 Å². The van der Waals surface area contributed by atoms with E-state index in [1.54, 1.807) is 30.3 Å². The lowest BCUT2D eigenvalue weighted by atomic mass is 10.1. The van der Waals surface area contributed by atoms with Crippen LogP contribution in [0.1, 0.15) is 36.0 Å². The molecular formula is C18H22N2O7S. The SMILES string of the molecule is N[C@@H](CCC(=O)N[C@@H](CSC(=O)c1ccccc1)C(=O)CCC(=O)O)C(=O)O. The number of hydrogen-bond acceptors (Lipinski definition) is 7. The zero-order valence-corrected chi connectivity index (χ0v) is 15.8. The van der Waals surface area contributed by atoms with E-state index in [4.69, 9.17) is 15.9 Å². The van der Waals surface area contributed by atoms with Crippen LogP contribution in [0.15, 0.2) is 30.3 Å². The lowest BCUT2D eigenvalue weighted by molar-refractivity contribution is -0.139. The summed E-state index contributed by atoms with van der Waals surface area (Å²) in [6, 6.07) is 6.09. The van der Waals surface area contributed by atoms with E-state index in [-0.39, 0.29) is 30.1 Å². The maximum atomic E-state index is 12.3. The minimum absolute atomic E-state index is 0.0666. The smallest absolute Gasteiger partial charge is 0.320 e. The van der Waals surface area contributed by atoms with Gasteiger partial charge in [0.15, 0.2) is 5.78 Å². The number of amides is 1. The fourth-order valence-corrected chi connectivity index (χ4v) is 3.00. The van der Waals surface area contributed by atoms with Crippen molar-refractivity contribution in [3.05, 3.63) is 35.9 Å². The minimum atomic E-state index is -1.24. The number of carboxylic acids is 2. The molecule has 28 heavy (non-hydrogen) atoms. The van der Waals surface area contributed by atoms with Gasteiger partial charge in [0.25, 0.3) is 0 Å². The molecule has 0 aliphatic carbocycles. The number of carbonyl (C=O) groups excluding carboxylic acids is 3. The molecule has 0 aliphatic rings. The van der Waals surface area contributed by atoms with Gasteiger partial charge in [0, 0.05) is 24.2 Å². The van der Waals surface area contributed by atoms with Crippen LogP contribution in [-0.4, -0.2) is 56.8 Å². The van der Waals surface area contributed by atoms with Gasteiger partial charge in [0.05, 0.1) is 12.5 Å².